The number of rotatable bonds is 8. The first-order valence-electron chi connectivity index (χ1n) is 11.8. The largest absolute Gasteiger partial charge is 0.368 e. The molecule has 0 bridgehead atoms. The number of benzene rings is 1. The highest BCUT2D eigenvalue weighted by molar-refractivity contribution is 7.92. The van der Waals surface area contributed by atoms with Crippen LogP contribution in [0.25, 0.3) is 10.4 Å². The van der Waals surface area contributed by atoms with E-state index in [4.69, 9.17) is 9.94 Å². The van der Waals surface area contributed by atoms with Gasteiger partial charge < -0.3 is 15.4 Å². The number of nitrogens with one attached hydrogen (secondary N) is 3. The van der Waals surface area contributed by atoms with Gasteiger partial charge in [0.15, 0.2) is 9.84 Å². The molecular weight excluding hydrogens is 490 g/mol. The highest BCUT2D eigenvalue weighted by Crippen LogP contribution is 2.47. The van der Waals surface area contributed by atoms with Crippen molar-refractivity contribution in [3.8, 4) is 10.4 Å². The molecule has 2 aliphatic heterocycles. The summed E-state index contributed by atoms with van der Waals surface area (Å²) in [6, 6.07) is 10.9. The fraction of sp³-hybridized carbons (Fsp3) is 0.500. The van der Waals surface area contributed by atoms with Gasteiger partial charge in [0, 0.05) is 15.4 Å². The van der Waals surface area contributed by atoms with Crippen LogP contribution in [0.3, 0.4) is 0 Å². The van der Waals surface area contributed by atoms with Crippen LogP contribution in [0.1, 0.15) is 43.4 Å². The number of hydrogen-bond acceptors (Lipinski definition) is 8. The monoisotopic (exact) mass is 521 g/mol. The van der Waals surface area contributed by atoms with Gasteiger partial charge in [-0.15, -0.1) is 11.3 Å². The molecule has 190 valence electrons. The van der Waals surface area contributed by atoms with Gasteiger partial charge in [-0.25, -0.2) is 13.9 Å². The molecule has 0 aliphatic carbocycles. The predicted octanol–water partition coefficient (Wildman–Crippen LogP) is 2.81. The van der Waals surface area contributed by atoms with Crippen molar-refractivity contribution in [2.75, 3.05) is 30.8 Å². The number of anilines is 1. The van der Waals surface area contributed by atoms with E-state index in [1.165, 1.54) is 11.3 Å². The van der Waals surface area contributed by atoms with Crippen LogP contribution in [-0.2, 0) is 28.9 Å². The second kappa shape index (κ2) is 11.2. The van der Waals surface area contributed by atoms with Gasteiger partial charge in [-0.3, -0.25) is 14.8 Å². The lowest BCUT2D eigenvalue weighted by molar-refractivity contribution is -0.130. The zero-order chi connectivity index (χ0) is 24.9. The van der Waals surface area contributed by atoms with E-state index < -0.39 is 20.5 Å². The summed E-state index contributed by atoms with van der Waals surface area (Å²) >= 11 is 1.32. The summed E-state index contributed by atoms with van der Waals surface area (Å²) in [6.45, 7) is 1.78. The van der Waals surface area contributed by atoms with Gasteiger partial charge in [0.2, 0.25) is 11.8 Å². The summed E-state index contributed by atoms with van der Waals surface area (Å²) in [5.74, 6) is -0.934. The van der Waals surface area contributed by atoms with Crippen molar-refractivity contribution in [3.05, 3.63) is 41.3 Å². The van der Waals surface area contributed by atoms with E-state index in [1.807, 2.05) is 24.3 Å². The first-order valence-corrected chi connectivity index (χ1v) is 14.3. The maximum absolute atomic E-state index is 13.1. The quantitative estimate of drug-likeness (QED) is 0.310. The Hall–Kier alpha value is -2.31. The number of sulfone groups is 1. The number of ether oxygens (including phenoxy) is 1. The number of carbonyl (C=O) groups is 2. The topological polar surface area (TPSA) is 134 Å². The molecule has 4 rings (SSSR count). The van der Waals surface area contributed by atoms with Crippen molar-refractivity contribution in [1.82, 2.24) is 10.8 Å². The van der Waals surface area contributed by atoms with Crippen LogP contribution in [0.4, 0.5) is 5.69 Å². The number of thiophene rings is 1. The normalized spacial score (nSPS) is 22.4. The van der Waals surface area contributed by atoms with Crippen LogP contribution < -0.4 is 16.1 Å². The van der Waals surface area contributed by atoms with Crippen molar-refractivity contribution in [2.45, 2.75) is 49.4 Å². The van der Waals surface area contributed by atoms with Crippen LogP contribution in [0.15, 0.2) is 36.4 Å². The molecule has 0 radical (unpaired) electrons. The summed E-state index contributed by atoms with van der Waals surface area (Å²) < 4.78 is 30.6. The number of piperidine rings is 1. The van der Waals surface area contributed by atoms with E-state index >= 15 is 0 Å². The Balaban J connectivity index is 1.50. The smallest absolute Gasteiger partial charge is 0.250 e. The molecule has 2 saturated heterocycles. The zero-order valence-corrected chi connectivity index (χ0v) is 21.1. The Kier molecular flexibility index (Phi) is 8.23. The van der Waals surface area contributed by atoms with Gasteiger partial charge in [-0.1, -0.05) is 18.6 Å². The lowest BCUT2D eigenvalue weighted by Crippen LogP contribution is -2.43. The highest BCUT2D eigenvalue weighted by atomic mass is 32.2. The molecule has 0 unspecified atom stereocenters. The second-order valence-electron chi connectivity index (χ2n) is 9.04. The summed E-state index contributed by atoms with van der Waals surface area (Å²) in [7, 11) is -3.59. The molecule has 11 heteroatoms. The summed E-state index contributed by atoms with van der Waals surface area (Å²) in [4.78, 5) is 25.8. The molecule has 2 fully saturated rings. The molecule has 1 atom stereocenters. The van der Waals surface area contributed by atoms with Gasteiger partial charge in [0.1, 0.15) is 11.4 Å². The van der Waals surface area contributed by atoms with Crippen LogP contribution in [-0.4, -0.2) is 57.0 Å². The van der Waals surface area contributed by atoms with E-state index in [-0.39, 0.29) is 30.8 Å². The van der Waals surface area contributed by atoms with Gasteiger partial charge >= 0.3 is 0 Å². The maximum atomic E-state index is 13.1. The molecular formula is C24H31N3O6S2. The third-order valence-corrected chi connectivity index (χ3v) is 10.7. The van der Waals surface area contributed by atoms with E-state index in [9.17, 15) is 18.0 Å². The third-order valence-electron chi connectivity index (χ3n) is 6.63. The molecule has 2 aliphatic rings. The summed E-state index contributed by atoms with van der Waals surface area (Å²) in [5.41, 5.74) is 3.04. The van der Waals surface area contributed by atoms with Gasteiger partial charge in [-0.2, -0.15) is 0 Å². The molecule has 3 heterocycles. The lowest BCUT2D eigenvalue weighted by atomic mass is 9.94. The first-order chi connectivity index (χ1) is 16.8. The fourth-order valence-corrected chi connectivity index (χ4v) is 8.53. The minimum absolute atomic E-state index is 0.00859. The second-order valence-corrected chi connectivity index (χ2v) is 12.5. The van der Waals surface area contributed by atoms with Gasteiger partial charge in [0.05, 0.1) is 18.3 Å². The van der Waals surface area contributed by atoms with Gasteiger partial charge in [0.25, 0.3) is 0 Å². The van der Waals surface area contributed by atoms with Crippen LogP contribution in [0, 0.1) is 0 Å². The van der Waals surface area contributed by atoms with Crippen molar-refractivity contribution < 1.29 is 28.0 Å². The average Bonchev–Trinajstić information content (AvgIpc) is 3.36. The molecule has 2 aromatic rings. The number of hydrogen-bond donors (Lipinski definition) is 4. The summed E-state index contributed by atoms with van der Waals surface area (Å²) in [5, 5.41) is 15.2. The molecule has 0 spiro atoms. The highest BCUT2D eigenvalue weighted by Gasteiger charge is 2.49. The first kappa shape index (κ1) is 25.8. The van der Waals surface area contributed by atoms with Crippen molar-refractivity contribution >= 4 is 38.7 Å². The van der Waals surface area contributed by atoms with E-state index in [0.717, 1.165) is 36.4 Å². The van der Waals surface area contributed by atoms with Crippen LogP contribution in [0.5, 0.6) is 0 Å². The average molecular weight is 522 g/mol. The van der Waals surface area contributed by atoms with Crippen LogP contribution in [0.2, 0.25) is 0 Å². The Morgan fingerprint density at radius 1 is 1.14 bits per heavy atom. The van der Waals surface area contributed by atoms with E-state index in [1.54, 1.807) is 17.6 Å². The van der Waals surface area contributed by atoms with E-state index in [2.05, 4.69) is 10.6 Å². The molecule has 35 heavy (non-hydrogen) atoms. The lowest BCUT2D eigenvalue weighted by Gasteiger charge is -2.35. The Morgan fingerprint density at radius 3 is 2.69 bits per heavy atom. The number of hydroxylamine groups is 1. The molecule has 4 N–H and O–H groups in total. The van der Waals surface area contributed by atoms with E-state index in [0.29, 0.717) is 29.8 Å². The summed E-state index contributed by atoms with van der Waals surface area (Å²) in [6.07, 6.45) is 3.13. The van der Waals surface area contributed by atoms with Crippen molar-refractivity contribution in [3.63, 3.8) is 0 Å². The third kappa shape index (κ3) is 5.92. The molecule has 1 aromatic heterocycles. The van der Waals surface area contributed by atoms with Crippen molar-refractivity contribution in [1.29, 1.82) is 0 Å². The Morgan fingerprint density at radius 2 is 1.94 bits per heavy atom. The molecule has 2 amide bonds. The number of carbonyl (C=O) groups excluding carboxylic acids is 2. The Labute approximate surface area is 209 Å². The predicted molar refractivity (Wildman–Crippen MR) is 134 cm³/mol. The zero-order valence-electron chi connectivity index (χ0n) is 19.4. The maximum Gasteiger partial charge on any atom is 0.250 e. The van der Waals surface area contributed by atoms with Crippen LogP contribution >= 0.6 is 11.3 Å². The van der Waals surface area contributed by atoms with Gasteiger partial charge in [-0.05, 0) is 68.6 Å². The SMILES string of the molecule is O=C(C[C@]1(c2ccc(-c3cccc(NC(=O)COC4CCNCC4)c3)s2)CCCCS1(=O)=O)NO. The minimum atomic E-state index is -3.59. The minimum Gasteiger partial charge on any atom is -0.368 e. The fourth-order valence-electron chi connectivity index (χ4n) is 4.76. The van der Waals surface area contributed by atoms with Crippen molar-refractivity contribution in [2.24, 2.45) is 0 Å². The number of amides is 2. The molecule has 1 aromatic carbocycles. The molecule has 9 nitrogen and oxygen atoms in total. The molecule has 0 saturated carbocycles. The Bertz CT molecular complexity index is 1160. The standard InChI is InChI=1S/C24H31N3O6S2/c28-22(27-30)15-24(10-1-2-13-35(24,31)32)21-7-6-20(34-21)17-4-3-5-18(14-17)26-23(29)16-33-19-8-11-25-12-9-19/h3-7,14,19,25,30H,1-2,8-13,15-16H2,(H,26,29)(H,27,28)/t24-/m0/s1.